The fourth-order valence-corrected chi connectivity index (χ4v) is 2.81. The highest BCUT2D eigenvalue weighted by Gasteiger charge is 2.23. The first kappa shape index (κ1) is 14.4. The van der Waals surface area contributed by atoms with E-state index in [1.54, 1.807) is 0 Å². The molecule has 3 aromatic rings. The summed E-state index contributed by atoms with van der Waals surface area (Å²) >= 11 is 2.32. The molecule has 1 aromatic heterocycles. The van der Waals surface area contributed by atoms with Crippen molar-refractivity contribution in [3.63, 3.8) is 0 Å². The fraction of sp³-hybridized carbons (Fsp3) is 0.235. The first-order valence-corrected chi connectivity index (χ1v) is 7.98. The van der Waals surface area contributed by atoms with E-state index in [4.69, 9.17) is 10.7 Å². The Balaban J connectivity index is 2.35. The van der Waals surface area contributed by atoms with Crippen LogP contribution in [0.3, 0.4) is 0 Å². The third kappa shape index (κ3) is 2.64. The largest absolute Gasteiger partial charge is 0.399 e. The SMILES string of the molecule is CC(C)(C)c1nc2cc(N)ccc2n1-c1ccc(I)cc1. The van der Waals surface area contributed by atoms with Crippen LogP contribution in [0.2, 0.25) is 0 Å². The highest BCUT2D eigenvalue weighted by molar-refractivity contribution is 14.1. The Morgan fingerprint density at radius 1 is 1.05 bits per heavy atom. The predicted octanol–water partition coefficient (Wildman–Crippen LogP) is 4.51. The summed E-state index contributed by atoms with van der Waals surface area (Å²) in [6.45, 7) is 6.54. The second-order valence-electron chi connectivity index (χ2n) is 6.25. The molecule has 3 nitrogen and oxygen atoms in total. The zero-order chi connectivity index (χ0) is 15.2. The van der Waals surface area contributed by atoms with Gasteiger partial charge in [-0.25, -0.2) is 4.98 Å². The minimum Gasteiger partial charge on any atom is -0.399 e. The Kier molecular flexibility index (Phi) is 3.43. The molecular formula is C17H18IN3. The van der Waals surface area contributed by atoms with Crippen LogP contribution >= 0.6 is 22.6 Å². The number of halogens is 1. The van der Waals surface area contributed by atoms with Crippen LogP contribution in [0.4, 0.5) is 5.69 Å². The molecule has 0 aliphatic carbocycles. The van der Waals surface area contributed by atoms with Gasteiger partial charge in [-0.2, -0.15) is 0 Å². The Morgan fingerprint density at radius 3 is 2.33 bits per heavy atom. The van der Waals surface area contributed by atoms with E-state index in [9.17, 15) is 0 Å². The van der Waals surface area contributed by atoms with Crippen molar-refractivity contribution in [2.24, 2.45) is 0 Å². The van der Waals surface area contributed by atoms with Gasteiger partial charge in [-0.3, -0.25) is 4.57 Å². The molecule has 0 radical (unpaired) electrons. The van der Waals surface area contributed by atoms with Crippen LogP contribution in [0.1, 0.15) is 26.6 Å². The average Bonchev–Trinajstić information content (AvgIpc) is 2.78. The third-order valence-electron chi connectivity index (χ3n) is 3.43. The Bertz CT molecular complexity index is 795. The fourth-order valence-electron chi connectivity index (χ4n) is 2.45. The molecule has 0 unspecified atom stereocenters. The Morgan fingerprint density at radius 2 is 1.71 bits per heavy atom. The van der Waals surface area contributed by atoms with E-state index < -0.39 is 0 Å². The van der Waals surface area contributed by atoms with Crippen LogP contribution in [-0.4, -0.2) is 9.55 Å². The van der Waals surface area contributed by atoms with Gasteiger partial charge in [-0.05, 0) is 65.1 Å². The van der Waals surface area contributed by atoms with Gasteiger partial charge in [0.15, 0.2) is 0 Å². The molecule has 1 heterocycles. The highest BCUT2D eigenvalue weighted by Crippen LogP contribution is 2.30. The van der Waals surface area contributed by atoms with Crippen molar-refractivity contribution in [3.05, 3.63) is 51.9 Å². The van der Waals surface area contributed by atoms with E-state index in [1.807, 2.05) is 18.2 Å². The molecule has 0 amide bonds. The van der Waals surface area contributed by atoms with Gasteiger partial charge < -0.3 is 5.73 Å². The van der Waals surface area contributed by atoms with Gasteiger partial charge in [0.1, 0.15) is 5.82 Å². The van der Waals surface area contributed by atoms with Crippen LogP contribution in [0, 0.1) is 3.57 Å². The standard InChI is InChI=1S/C17H18IN3/c1-17(2,3)16-20-14-10-12(19)6-9-15(14)21(16)13-7-4-11(18)5-8-13/h4-10H,19H2,1-3H3. The van der Waals surface area contributed by atoms with E-state index in [0.29, 0.717) is 0 Å². The van der Waals surface area contributed by atoms with Gasteiger partial charge in [0, 0.05) is 20.4 Å². The van der Waals surface area contributed by atoms with Crippen LogP contribution in [0.5, 0.6) is 0 Å². The molecule has 0 saturated heterocycles. The number of imidazole rings is 1. The lowest BCUT2D eigenvalue weighted by Gasteiger charge is -2.20. The summed E-state index contributed by atoms with van der Waals surface area (Å²) in [5, 5.41) is 0. The van der Waals surface area contributed by atoms with Gasteiger partial charge in [-0.1, -0.05) is 20.8 Å². The van der Waals surface area contributed by atoms with Crippen molar-refractivity contribution in [3.8, 4) is 5.69 Å². The lowest BCUT2D eigenvalue weighted by molar-refractivity contribution is 0.539. The van der Waals surface area contributed by atoms with E-state index in [2.05, 4.69) is 72.2 Å². The van der Waals surface area contributed by atoms with Gasteiger partial charge in [0.2, 0.25) is 0 Å². The zero-order valence-electron chi connectivity index (χ0n) is 12.4. The number of anilines is 1. The molecule has 4 heteroatoms. The van der Waals surface area contributed by atoms with Crippen molar-refractivity contribution >= 4 is 39.3 Å². The number of aromatic nitrogens is 2. The Hall–Kier alpha value is -1.56. The highest BCUT2D eigenvalue weighted by atomic mass is 127. The predicted molar refractivity (Wildman–Crippen MR) is 96.9 cm³/mol. The van der Waals surface area contributed by atoms with Gasteiger partial charge in [-0.15, -0.1) is 0 Å². The first-order chi connectivity index (χ1) is 9.86. The molecular weight excluding hydrogens is 373 g/mol. The third-order valence-corrected chi connectivity index (χ3v) is 4.15. The summed E-state index contributed by atoms with van der Waals surface area (Å²) in [7, 11) is 0. The average molecular weight is 391 g/mol. The molecule has 2 aromatic carbocycles. The minimum absolute atomic E-state index is 0.0449. The quantitative estimate of drug-likeness (QED) is 0.490. The smallest absolute Gasteiger partial charge is 0.119 e. The summed E-state index contributed by atoms with van der Waals surface area (Å²) in [6, 6.07) is 14.4. The van der Waals surface area contributed by atoms with Crippen LogP contribution in [0.15, 0.2) is 42.5 Å². The molecule has 21 heavy (non-hydrogen) atoms. The molecule has 0 spiro atoms. The number of fused-ring (bicyclic) bond motifs is 1. The van der Waals surface area contributed by atoms with Crippen molar-refractivity contribution in [2.75, 3.05) is 5.73 Å². The summed E-state index contributed by atoms with van der Waals surface area (Å²) in [5.41, 5.74) is 9.77. The maximum absolute atomic E-state index is 5.90. The van der Waals surface area contributed by atoms with Crippen LogP contribution < -0.4 is 5.73 Å². The normalized spacial score (nSPS) is 12.0. The number of hydrogen-bond donors (Lipinski definition) is 1. The number of rotatable bonds is 1. The lowest BCUT2D eigenvalue weighted by Crippen LogP contribution is -2.18. The maximum atomic E-state index is 5.90. The number of nitrogens with two attached hydrogens (primary N) is 1. The summed E-state index contributed by atoms with van der Waals surface area (Å²) in [4.78, 5) is 4.82. The molecule has 0 saturated carbocycles. The number of nitrogens with zero attached hydrogens (tertiary/aromatic N) is 2. The number of hydrogen-bond acceptors (Lipinski definition) is 2. The first-order valence-electron chi connectivity index (χ1n) is 6.91. The number of nitrogen functional groups attached to an aromatic ring is 1. The molecule has 0 fully saturated rings. The second-order valence-corrected chi connectivity index (χ2v) is 7.49. The molecule has 0 bridgehead atoms. The van der Waals surface area contributed by atoms with E-state index in [-0.39, 0.29) is 5.41 Å². The lowest BCUT2D eigenvalue weighted by atomic mass is 9.95. The number of benzene rings is 2. The van der Waals surface area contributed by atoms with Gasteiger partial charge in [0.25, 0.3) is 0 Å². The van der Waals surface area contributed by atoms with Crippen molar-refractivity contribution in [1.82, 2.24) is 9.55 Å². The summed E-state index contributed by atoms with van der Waals surface area (Å²) < 4.78 is 3.45. The zero-order valence-corrected chi connectivity index (χ0v) is 14.5. The van der Waals surface area contributed by atoms with Gasteiger partial charge in [0.05, 0.1) is 11.0 Å². The Labute approximate surface area is 138 Å². The monoisotopic (exact) mass is 391 g/mol. The maximum Gasteiger partial charge on any atom is 0.119 e. The minimum atomic E-state index is -0.0449. The summed E-state index contributed by atoms with van der Waals surface area (Å²) in [5.74, 6) is 1.05. The molecule has 0 aliphatic rings. The second kappa shape index (κ2) is 5.02. The summed E-state index contributed by atoms with van der Waals surface area (Å²) in [6.07, 6.45) is 0. The van der Waals surface area contributed by atoms with E-state index in [1.165, 1.54) is 3.57 Å². The molecule has 0 atom stereocenters. The van der Waals surface area contributed by atoms with Crippen molar-refractivity contribution in [1.29, 1.82) is 0 Å². The topological polar surface area (TPSA) is 43.8 Å². The van der Waals surface area contributed by atoms with Crippen molar-refractivity contribution in [2.45, 2.75) is 26.2 Å². The molecule has 2 N–H and O–H groups in total. The van der Waals surface area contributed by atoms with Crippen LogP contribution in [0.25, 0.3) is 16.7 Å². The molecule has 3 rings (SSSR count). The molecule has 0 aliphatic heterocycles. The van der Waals surface area contributed by atoms with E-state index in [0.717, 1.165) is 28.2 Å². The van der Waals surface area contributed by atoms with Crippen molar-refractivity contribution < 1.29 is 0 Å². The van der Waals surface area contributed by atoms with Gasteiger partial charge >= 0.3 is 0 Å². The molecule has 108 valence electrons. The van der Waals surface area contributed by atoms with E-state index >= 15 is 0 Å². The van der Waals surface area contributed by atoms with Crippen LogP contribution in [-0.2, 0) is 5.41 Å².